The molecule has 2 aromatic carbocycles. The van der Waals surface area contributed by atoms with E-state index >= 15 is 0 Å². The topological polar surface area (TPSA) is 0 Å². The summed E-state index contributed by atoms with van der Waals surface area (Å²) in [4.78, 5) is 0.0231. The fraction of sp³-hybridized carbons (Fsp3) is 0.0769. The van der Waals surface area contributed by atoms with Gasteiger partial charge in [-0.3, -0.25) is 0 Å². The van der Waals surface area contributed by atoms with E-state index in [9.17, 15) is 0 Å². The first-order valence-electron chi connectivity index (χ1n) is 4.83. The summed E-state index contributed by atoms with van der Waals surface area (Å²) in [5.74, 6) is 0. The zero-order valence-electron chi connectivity index (χ0n) is 8.33. The van der Waals surface area contributed by atoms with Crippen LogP contribution in [0.2, 0.25) is 10.0 Å². The highest BCUT2D eigenvalue weighted by Crippen LogP contribution is 2.39. The third-order valence-electron chi connectivity index (χ3n) is 2.35. The van der Waals surface area contributed by atoms with Gasteiger partial charge in [0.15, 0.2) is 0 Å². The highest BCUT2D eigenvalue weighted by molar-refractivity contribution is 9.09. The van der Waals surface area contributed by atoms with Gasteiger partial charge < -0.3 is 0 Å². The van der Waals surface area contributed by atoms with E-state index in [1.807, 2.05) is 48.5 Å². The Hall–Kier alpha value is -0.500. The van der Waals surface area contributed by atoms with E-state index < -0.39 is 0 Å². The van der Waals surface area contributed by atoms with Crippen molar-refractivity contribution in [2.24, 2.45) is 0 Å². The Kier molecular flexibility index (Phi) is 3.91. The van der Waals surface area contributed by atoms with Crippen LogP contribution in [0.5, 0.6) is 0 Å². The monoisotopic (exact) mass is 314 g/mol. The number of hydrogen-bond donors (Lipinski definition) is 0. The van der Waals surface area contributed by atoms with E-state index in [2.05, 4.69) is 15.9 Å². The summed E-state index contributed by atoms with van der Waals surface area (Å²) in [6, 6.07) is 15.6. The van der Waals surface area contributed by atoms with E-state index in [4.69, 9.17) is 23.2 Å². The second-order valence-corrected chi connectivity index (χ2v) is 5.14. The van der Waals surface area contributed by atoms with Crippen molar-refractivity contribution in [3.63, 3.8) is 0 Å². The summed E-state index contributed by atoms with van der Waals surface area (Å²) < 4.78 is 0. The number of alkyl halides is 1. The van der Waals surface area contributed by atoms with Crippen molar-refractivity contribution >= 4 is 39.1 Å². The lowest BCUT2D eigenvalue weighted by Crippen LogP contribution is -1.94. The first kappa shape index (κ1) is 12.0. The SMILES string of the molecule is Clc1cccc(Cl)c1C(Br)c1ccccc1. The molecule has 2 rings (SSSR count). The number of rotatable bonds is 2. The van der Waals surface area contributed by atoms with Crippen molar-refractivity contribution in [1.82, 2.24) is 0 Å². The summed E-state index contributed by atoms with van der Waals surface area (Å²) in [5.41, 5.74) is 2.05. The van der Waals surface area contributed by atoms with Gasteiger partial charge in [0.2, 0.25) is 0 Å². The quantitative estimate of drug-likeness (QED) is 0.644. The molecule has 0 spiro atoms. The van der Waals surface area contributed by atoms with Crippen LogP contribution in [0.4, 0.5) is 0 Å². The highest BCUT2D eigenvalue weighted by Gasteiger charge is 2.16. The Morgan fingerprint density at radius 1 is 0.812 bits per heavy atom. The molecule has 1 atom stereocenters. The minimum atomic E-state index is 0.0231. The molecule has 0 nitrogen and oxygen atoms in total. The lowest BCUT2D eigenvalue weighted by Gasteiger charge is -2.14. The van der Waals surface area contributed by atoms with Crippen LogP contribution in [0.25, 0.3) is 0 Å². The third kappa shape index (κ3) is 2.42. The van der Waals surface area contributed by atoms with Crippen LogP contribution in [0, 0.1) is 0 Å². The Balaban J connectivity index is 2.46. The first-order chi connectivity index (χ1) is 7.70. The second-order valence-electron chi connectivity index (χ2n) is 3.41. The van der Waals surface area contributed by atoms with Gasteiger partial charge in [-0.05, 0) is 17.7 Å². The molecule has 0 amide bonds. The largest absolute Gasteiger partial charge is 0.0839 e. The Morgan fingerprint density at radius 2 is 1.38 bits per heavy atom. The van der Waals surface area contributed by atoms with E-state index in [0.29, 0.717) is 10.0 Å². The van der Waals surface area contributed by atoms with Gasteiger partial charge in [-0.25, -0.2) is 0 Å². The molecule has 0 aliphatic carbocycles. The molecular weight excluding hydrogens is 307 g/mol. The van der Waals surface area contributed by atoms with Gasteiger partial charge in [0.25, 0.3) is 0 Å². The van der Waals surface area contributed by atoms with Crippen LogP contribution in [0.1, 0.15) is 16.0 Å². The molecule has 0 saturated carbocycles. The highest BCUT2D eigenvalue weighted by atomic mass is 79.9. The van der Waals surface area contributed by atoms with Crippen LogP contribution < -0.4 is 0 Å². The lowest BCUT2D eigenvalue weighted by molar-refractivity contribution is 1.18. The van der Waals surface area contributed by atoms with Crippen LogP contribution in [-0.2, 0) is 0 Å². The molecule has 0 aliphatic rings. The van der Waals surface area contributed by atoms with Gasteiger partial charge in [0, 0.05) is 15.6 Å². The normalized spacial score (nSPS) is 12.4. The molecule has 1 unspecified atom stereocenters. The number of hydrogen-bond acceptors (Lipinski definition) is 0. The number of halogens is 3. The molecule has 0 aliphatic heterocycles. The smallest absolute Gasteiger partial charge is 0.0673 e. The zero-order valence-corrected chi connectivity index (χ0v) is 11.4. The molecule has 16 heavy (non-hydrogen) atoms. The first-order valence-corrected chi connectivity index (χ1v) is 6.50. The summed E-state index contributed by atoms with van der Waals surface area (Å²) in [5, 5.41) is 1.36. The molecule has 82 valence electrons. The molecule has 0 fully saturated rings. The van der Waals surface area contributed by atoms with Gasteiger partial charge in [0.1, 0.15) is 0 Å². The van der Waals surface area contributed by atoms with Crippen molar-refractivity contribution in [3.8, 4) is 0 Å². The maximum Gasteiger partial charge on any atom is 0.0673 e. The van der Waals surface area contributed by atoms with E-state index in [1.54, 1.807) is 0 Å². The molecule has 0 radical (unpaired) electrons. The molecule has 3 heteroatoms. The van der Waals surface area contributed by atoms with Crippen molar-refractivity contribution in [2.75, 3.05) is 0 Å². The van der Waals surface area contributed by atoms with Gasteiger partial charge in [-0.2, -0.15) is 0 Å². The fourth-order valence-corrected chi connectivity index (χ4v) is 3.22. The van der Waals surface area contributed by atoms with E-state index in [1.165, 1.54) is 0 Å². The second kappa shape index (κ2) is 5.22. The van der Waals surface area contributed by atoms with Crippen LogP contribution in [0.15, 0.2) is 48.5 Å². The minimum absolute atomic E-state index is 0.0231. The van der Waals surface area contributed by atoms with Crippen molar-refractivity contribution in [3.05, 3.63) is 69.7 Å². The predicted molar refractivity (Wildman–Crippen MR) is 73.7 cm³/mol. The lowest BCUT2D eigenvalue weighted by atomic mass is 10.0. The summed E-state index contributed by atoms with van der Waals surface area (Å²) in [6.45, 7) is 0. The van der Waals surface area contributed by atoms with Gasteiger partial charge >= 0.3 is 0 Å². The minimum Gasteiger partial charge on any atom is -0.0839 e. The average Bonchev–Trinajstić information content (AvgIpc) is 2.30. The van der Waals surface area contributed by atoms with Crippen molar-refractivity contribution in [1.29, 1.82) is 0 Å². The van der Waals surface area contributed by atoms with Crippen LogP contribution in [0.3, 0.4) is 0 Å². The Morgan fingerprint density at radius 3 is 1.94 bits per heavy atom. The van der Waals surface area contributed by atoms with Gasteiger partial charge in [-0.1, -0.05) is 75.5 Å². The summed E-state index contributed by atoms with van der Waals surface area (Å²) in [7, 11) is 0. The molecule has 0 aromatic heterocycles. The Bertz CT molecular complexity index is 462. The fourth-order valence-electron chi connectivity index (χ4n) is 1.54. The molecule has 2 aromatic rings. The predicted octanol–water partition coefficient (Wildman–Crippen LogP) is 5.48. The molecule has 0 saturated heterocycles. The summed E-state index contributed by atoms with van der Waals surface area (Å²) in [6.07, 6.45) is 0. The number of benzene rings is 2. The molecule has 0 bridgehead atoms. The van der Waals surface area contributed by atoms with Crippen molar-refractivity contribution in [2.45, 2.75) is 4.83 Å². The molecule has 0 N–H and O–H groups in total. The van der Waals surface area contributed by atoms with Crippen molar-refractivity contribution < 1.29 is 0 Å². The van der Waals surface area contributed by atoms with Crippen LogP contribution in [-0.4, -0.2) is 0 Å². The summed E-state index contributed by atoms with van der Waals surface area (Å²) >= 11 is 15.9. The maximum absolute atomic E-state index is 6.16. The average molecular weight is 316 g/mol. The van der Waals surface area contributed by atoms with Gasteiger partial charge in [-0.15, -0.1) is 0 Å². The van der Waals surface area contributed by atoms with Gasteiger partial charge in [0.05, 0.1) is 4.83 Å². The zero-order chi connectivity index (χ0) is 11.5. The van der Waals surface area contributed by atoms with E-state index in [-0.39, 0.29) is 4.83 Å². The standard InChI is InChI=1S/C13H9BrCl2/c14-13(9-5-2-1-3-6-9)12-10(15)7-4-8-11(12)16/h1-8,13H. The Labute approximate surface area is 113 Å². The maximum atomic E-state index is 6.16. The van der Waals surface area contributed by atoms with Crippen LogP contribution >= 0.6 is 39.1 Å². The molecular formula is C13H9BrCl2. The molecule has 0 heterocycles. The third-order valence-corrected chi connectivity index (χ3v) is 3.99. The van der Waals surface area contributed by atoms with E-state index in [0.717, 1.165) is 11.1 Å².